The molecule has 0 aliphatic heterocycles. The van der Waals surface area contributed by atoms with E-state index >= 15 is 0 Å². The summed E-state index contributed by atoms with van der Waals surface area (Å²) in [5, 5.41) is 9.69. The highest BCUT2D eigenvalue weighted by Crippen LogP contribution is 2.34. The largest absolute Gasteiger partial charge is 0.491 e. The van der Waals surface area contributed by atoms with Crippen molar-refractivity contribution in [1.82, 2.24) is 14.5 Å². The summed E-state index contributed by atoms with van der Waals surface area (Å²) in [5.41, 5.74) is 9.89. The second-order valence-electron chi connectivity index (χ2n) is 5.80. The fraction of sp³-hybridized carbons (Fsp3) is 0.100. The summed E-state index contributed by atoms with van der Waals surface area (Å²) < 4.78 is 7.41. The van der Waals surface area contributed by atoms with Gasteiger partial charge in [-0.1, -0.05) is 30.3 Å². The van der Waals surface area contributed by atoms with Gasteiger partial charge in [-0.3, -0.25) is 0 Å². The zero-order valence-corrected chi connectivity index (χ0v) is 14.0. The number of aliphatic hydroxyl groups excluding tert-OH is 1. The van der Waals surface area contributed by atoms with Crippen LogP contribution < -0.4 is 10.5 Å². The minimum Gasteiger partial charge on any atom is -0.491 e. The molecule has 0 radical (unpaired) electrons. The second kappa shape index (κ2) is 6.85. The minimum atomic E-state index is -0.0133. The van der Waals surface area contributed by atoms with Crippen molar-refractivity contribution in [2.75, 3.05) is 18.9 Å². The Morgan fingerprint density at radius 2 is 1.77 bits per heavy atom. The Balaban J connectivity index is 1.85. The van der Waals surface area contributed by atoms with E-state index in [2.05, 4.69) is 9.97 Å². The van der Waals surface area contributed by atoms with Crippen LogP contribution in [0.15, 0.2) is 67.1 Å². The van der Waals surface area contributed by atoms with Gasteiger partial charge in [0, 0.05) is 17.4 Å². The molecule has 0 fully saturated rings. The highest BCUT2D eigenvalue weighted by atomic mass is 16.5. The SMILES string of the molecule is Nc1ncnc2c1c(-c1ccccc1)cn2-c1ccc(OCCO)cc1. The van der Waals surface area contributed by atoms with E-state index in [9.17, 15) is 0 Å². The van der Waals surface area contributed by atoms with Crippen LogP contribution in [0.1, 0.15) is 0 Å². The molecule has 0 unspecified atom stereocenters. The summed E-state index contributed by atoms with van der Waals surface area (Å²) in [7, 11) is 0. The minimum absolute atomic E-state index is 0.0133. The topological polar surface area (TPSA) is 86.2 Å². The van der Waals surface area contributed by atoms with Gasteiger partial charge in [-0.15, -0.1) is 0 Å². The molecule has 2 aromatic carbocycles. The lowest BCUT2D eigenvalue weighted by molar-refractivity contribution is 0.201. The molecule has 0 saturated heterocycles. The fourth-order valence-corrected chi connectivity index (χ4v) is 2.99. The molecule has 2 heterocycles. The third-order valence-electron chi connectivity index (χ3n) is 4.17. The van der Waals surface area contributed by atoms with Crippen molar-refractivity contribution in [2.45, 2.75) is 0 Å². The van der Waals surface area contributed by atoms with E-state index in [1.807, 2.05) is 65.4 Å². The van der Waals surface area contributed by atoms with E-state index in [1.54, 1.807) is 0 Å². The Kier molecular flexibility index (Phi) is 4.25. The molecule has 0 saturated carbocycles. The number of hydrogen-bond donors (Lipinski definition) is 2. The number of rotatable bonds is 5. The summed E-state index contributed by atoms with van der Waals surface area (Å²) in [6.07, 6.45) is 3.50. The van der Waals surface area contributed by atoms with Crippen molar-refractivity contribution < 1.29 is 9.84 Å². The zero-order chi connectivity index (χ0) is 17.9. The maximum atomic E-state index is 8.86. The number of anilines is 1. The van der Waals surface area contributed by atoms with Crippen molar-refractivity contribution >= 4 is 16.9 Å². The first-order chi connectivity index (χ1) is 12.8. The number of fused-ring (bicyclic) bond motifs is 1. The number of ether oxygens (including phenoxy) is 1. The predicted octanol–water partition coefficient (Wildman–Crippen LogP) is 3.04. The van der Waals surface area contributed by atoms with E-state index in [0.717, 1.165) is 27.8 Å². The molecular weight excluding hydrogens is 328 g/mol. The maximum absolute atomic E-state index is 8.86. The van der Waals surface area contributed by atoms with Crippen LogP contribution in [0, 0.1) is 0 Å². The Morgan fingerprint density at radius 1 is 1.00 bits per heavy atom. The molecule has 130 valence electrons. The van der Waals surface area contributed by atoms with Gasteiger partial charge in [-0.2, -0.15) is 0 Å². The molecule has 0 aliphatic carbocycles. The Labute approximate surface area is 150 Å². The van der Waals surface area contributed by atoms with E-state index in [0.29, 0.717) is 11.6 Å². The van der Waals surface area contributed by atoms with Crippen LogP contribution in [0.5, 0.6) is 5.75 Å². The van der Waals surface area contributed by atoms with Crippen molar-refractivity contribution in [3.63, 3.8) is 0 Å². The summed E-state index contributed by atoms with van der Waals surface area (Å²) in [6.45, 7) is 0.258. The van der Waals surface area contributed by atoms with Gasteiger partial charge in [0.15, 0.2) is 5.65 Å². The summed E-state index contributed by atoms with van der Waals surface area (Å²) >= 11 is 0. The number of aromatic nitrogens is 3. The molecule has 4 aromatic rings. The Bertz CT molecular complexity index is 1030. The number of hydrogen-bond acceptors (Lipinski definition) is 5. The smallest absolute Gasteiger partial charge is 0.150 e. The van der Waals surface area contributed by atoms with Gasteiger partial charge in [-0.25, -0.2) is 9.97 Å². The fourth-order valence-electron chi connectivity index (χ4n) is 2.99. The second-order valence-corrected chi connectivity index (χ2v) is 5.80. The predicted molar refractivity (Wildman–Crippen MR) is 101 cm³/mol. The first-order valence-electron chi connectivity index (χ1n) is 8.29. The van der Waals surface area contributed by atoms with Crippen LogP contribution in [0.2, 0.25) is 0 Å². The molecular formula is C20H18N4O2. The monoisotopic (exact) mass is 346 g/mol. The van der Waals surface area contributed by atoms with E-state index in [4.69, 9.17) is 15.6 Å². The lowest BCUT2D eigenvalue weighted by Gasteiger charge is -2.07. The van der Waals surface area contributed by atoms with Gasteiger partial charge >= 0.3 is 0 Å². The van der Waals surface area contributed by atoms with Gasteiger partial charge in [0.2, 0.25) is 0 Å². The Hall–Kier alpha value is -3.38. The van der Waals surface area contributed by atoms with Crippen LogP contribution in [0.3, 0.4) is 0 Å². The number of aliphatic hydroxyl groups is 1. The average Bonchev–Trinajstić information content (AvgIpc) is 3.08. The molecule has 2 aromatic heterocycles. The van der Waals surface area contributed by atoms with E-state index in [1.165, 1.54) is 6.33 Å². The first-order valence-corrected chi connectivity index (χ1v) is 8.29. The quantitative estimate of drug-likeness (QED) is 0.580. The molecule has 26 heavy (non-hydrogen) atoms. The number of nitrogens with zero attached hydrogens (tertiary/aromatic N) is 3. The summed E-state index contributed by atoms with van der Waals surface area (Å²) in [4.78, 5) is 8.60. The first kappa shape index (κ1) is 16.1. The molecule has 4 rings (SSSR count). The number of nitrogens with two attached hydrogens (primary N) is 1. The third kappa shape index (κ3) is 2.87. The average molecular weight is 346 g/mol. The van der Waals surface area contributed by atoms with E-state index < -0.39 is 0 Å². The van der Waals surface area contributed by atoms with Crippen molar-refractivity contribution in [2.24, 2.45) is 0 Å². The van der Waals surface area contributed by atoms with Gasteiger partial charge in [0.1, 0.15) is 24.5 Å². The molecule has 6 heteroatoms. The van der Waals surface area contributed by atoms with Crippen molar-refractivity contribution in [1.29, 1.82) is 0 Å². The highest BCUT2D eigenvalue weighted by molar-refractivity contribution is 6.01. The molecule has 3 N–H and O–H groups in total. The number of benzene rings is 2. The normalized spacial score (nSPS) is 11.0. The van der Waals surface area contributed by atoms with Crippen LogP contribution in [-0.2, 0) is 0 Å². The molecule has 0 atom stereocenters. The van der Waals surface area contributed by atoms with Crippen molar-refractivity contribution in [3.05, 3.63) is 67.1 Å². The molecule has 0 aliphatic rings. The van der Waals surface area contributed by atoms with Crippen LogP contribution >= 0.6 is 0 Å². The zero-order valence-electron chi connectivity index (χ0n) is 14.0. The van der Waals surface area contributed by atoms with E-state index in [-0.39, 0.29) is 13.2 Å². The van der Waals surface area contributed by atoms with Gasteiger partial charge in [0.25, 0.3) is 0 Å². The van der Waals surface area contributed by atoms with Crippen LogP contribution in [-0.4, -0.2) is 32.9 Å². The van der Waals surface area contributed by atoms with Gasteiger partial charge in [-0.05, 0) is 29.8 Å². The molecule has 0 spiro atoms. The summed E-state index contributed by atoms with van der Waals surface area (Å²) in [6, 6.07) is 17.7. The highest BCUT2D eigenvalue weighted by Gasteiger charge is 2.15. The molecule has 6 nitrogen and oxygen atoms in total. The lowest BCUT2D eigenvalue weighted by Crippen LogP contribution is -2.01. The summed E-state index contributed by atoms with van der Waals surface area (Å²) in [5.74, 6) is 1.16. The third-order valence-corrected chi connectivity index (χ3v) is 4.17. The van der Waals surface area contributed by atoms with Gasteiger partial charge < -0.3 is 20.1 Å². The van der Waals surface area contributed by atoms with Crippen LogP contribution in [0.25, 0.3) is 27.8 Å². The van der Waals surface area contributed by atoms with Gasteiger partial charge in [0.05, 0.1) is 12.0 Å². The number of nitrogen functional groups attached to an aromatic ring is 1. The lowest BCUT2D eigenvalue weighted by atomic mass is 10.1. The van der Waals surface area contributed by atoms with Crippen molar-refractivity contribution in [3.8, 4) is 22.6 Å². The molecule has 0 bridgehead atoms. The molecule has 0 amide bonds. The van der Waals surface area contributed by atoms with Crippen LogP contribution in [0.4, 0.5) is 5.82 Å². The Morgan fingerprint density at radius 3 is 2.50 bits per heavy atom. The standard InChI is InChI=1S/C20H18N4O2/c21-19-18-17(14-4-2-1-3-5-14)12-24(20(18)23-13-22-19)15-6-8-16(9-7-15)26-11-10-25/h1-9,12-13,25H,10-11H2,(H2,21,22,23). The maximum Gasteiger partial charge on any atom is 0.150 e.